The molecular weight excluding hydrogens is 333 g/mol. The van der Waals surface area contributed by atoms with Crippen LogP contribution in [0.2, 0.25) is 5.02 Å². The topological polar surface area (TPSA) is 35.2 Å². The van der Waals surface area contributed by atoms with Gasteiger partial charge in [-0.25, -0.2) is 4.39 Å². The summed E-state index contributed by atoms with van der Waals surface area (Å²) in [6.07, 6.45) is 0.619. The van der Waals surface area contributed by atoms with Gasteiger partial charge in [0.05, 0.1) is 5.02 Å². The van der Waals surface area contributed by atoms with E-state index in [4.69, 9.17) is 22.1 Å². The van der Waals surface area contributed by atoms with Gasteiger partial charge in [0.15, 0.2) is 11.6 Å². The van der Waals surface area contributed by atoms with E-state index in [1.54, 1.807) is 18.2 Å². The fourth-order valence-corrected chi connectivity index (χ4v) is 2.25. The lowest BCUT2D eigenvalue weighted by molar-refractivity contribution is 0.437. The van der Waals surface area contributed by atoms with E-state index in [1.807, 2.05) is 12.1 Å². The first-order valence-corrected chi connectivity index (χ1v) is 6.89. The van der Waals surface area contributed by atoms with Gasteiger partial charge in [0.1, 0.15) is 5.75 Å². The monoisotopic (exact) mass is 343 g/mol. The predicted octanol–water partition coefficient (Wildman–Crippen LogP) is 4.54. The van der Waals surface area contributed by atoms with E-state index in [2.05, 4.69) is 15.9 Å². The van der Waals surface area contributed by atoms with Crippen molar-refractivity contribution in [2.24, 2.45) is 5.73 Å². The molecule has 0 aliphatic carbocycles. The molecule has 100 valence electrons. The minimum Gasteiger partial charge on any atom is -0.452 e. The van der Waals surface area contributed by atoms with Gasteiger partial charge in [-0.15, -0.1) is 0 Å². The average molecular weight is 345 g/mol. The van der Waals surface area contributed by atoms with E-state index < -0.39 is 5.82 Å². The molecule has 0 bridgehead atoms. The molecule has 0 radical (unpaired) electrons. The third-order valence-corrected chi connectivity index (χ3v) is 3.36. The highest BCUT2D eigenvalue weighted by atomic mass is 79.9. The minimum atomic E-state index is -0.451. The Kier molecular flexibility index (Phi) is 4.80. The van der Waals surface area contributed by atoms with E-state index in [0.717, 1.165) is 5.56 Å². The molecule has 2 aromatic rings. The summed E-state index contributed by atoms with van der Waals surface area (Å²) in [4.78, 5) is 0. The van der Waals surface area contributed by atoms with Crippen LogP contribution in [0.15, 0.2) is 40.9 Å². The van der Waals surface area contributed by atoms with E-state index in [1.165, 1.54) is 6.07 Å². The highest BCUT2D eigenvalue weighted by molar-refractivity contribution is 9.10. The summed E-state index contributed by atoms with van der Waals surface area (Å²) in [6, 6.07) is 9.98. The Labute approximate surface area is 124 Å². The maximum absolute atomic E-state index is 13.8. The Morgan fingerprint density at radius 3 is 2.74 bits per heavy atom. The van der Waals surface area contributed by atoms with Crippen molar-refractivity contribution in [2.45, 2.75) is 6.42 Å². The van der Waals surface area contributed by atoms with Crippen molar-refractivity contribution < 1.29 is 9.13 Å². The second kappa shape index (κ2) is 6.37. The summed E-state index contributed by atoms with van der Waals surface area (Å²) in [5, 5.41) is 0.438. The van der Waals surface area contributed by atoms with Crippen LogP contribution in [0.3, 0.4) is 0 Å². The zero-order chi connectivity index (χ0) is 13.8. The van der Waals surface area contributed by atoms with Gasteiger partial charge in [0.2, 0.25) is 0 Å². The lowest BCUT2D eigenvalue weighted by atomic mass is 10.1. The molecular formula is C14H12BrClFNO. The molecule has 0 unspecified atom stereocenters. The molecule has 5 heteroatoms. The molecule has 0 aliphatic rings. The molecule has 2 rings (SSSR count). The van der Waals surface area contributed by atoms with Gasteiger partial charge >= 0.3 is 0 Å². The molecule has 0 aromatic heterocycles. The summed E-state index contributed by atoms with van der Waals surface area (Å²) in [6.45, 7) is 0.472. The highest BCUT2D eigenvalue weighted by Crippen LogP contribution is 2.34. The van der Waals surface area contributed by atoms with Gasteiger partial charge in [0, 0.05) is 4.47 Å². The predicted molar refractivity (Wildman–Crippen MR) is 78.4 cm³/mol. The van der Waals surface area contributed by atoms with Crippen LogP contribution in [0.25, 0.3) is 0 Å². The van der Waals surface area contributed by atoms with Crippen molar-refractivity contribution >= 4 is 27.5 Å². The first kappa shape index (κ1) is 14.3. The largest absolute Gasteiger partial charge is 0.452 e. The van der Waals surface area contributed by atoms with E-state index in [9.17, 15) is 4.39 Å². The average Bonchev–Trinajstić information content (AvgIpc) is 2.36. The quantitative estimate of drug-likeness (QED) is 0.884. The van der Waals surface area contributed by atoms with Gasteiger partial charge in [-0.2, -0.15) is 0 Å². The maximum atomic E-state index is 13.8. The number of hydrogen-bond acceptors (Lipinski definition) is 2. The Morgan fingerprint density at radius 1 is 1.26 bits per heavy atom. The van der Waals surface area contributed by atoms with Crippen LogP contribution in [0.4, 0.5) is 4.39 Å². The van der Waals surface area contributed by atoms with Crippen LogP contribution in [-0.2, 0) is 6.42 Å². The van der Waals surface area contributed by atoms with Crippen LogP contribution in [-0.4, -0.2) is 6.54 Å². The molecule has 0 heterocycles. The van der Waals surface area contributed by atoms with Gasteiger partial charge in [-0.3, -0.25) is 0 Å². The van der Waals surface area contributed by atoms with Gasteiger partial charge in [0.25, 0.3) is 0 Å². The molecule has 19 heavy (non-hydrogen) atoms. The van der Waals surface area contributed by atoms with E-state index in [0.29, 0.717) is 28.2 Å². The number of rotatable bonds is 4. The van der Waals surface area contributed by atoms with Crippen LogP contribution in [0, 0.1) is 5.82 Å². The number of nitrogens with two attached hydrogens (primary N) is 1. The Morgan fingerprint density at radius 2 is 2.05 bits per heavy atom. The van der Waals surface area contributed by atoms with Gasteiger partial charge in [-0.05, 0) is 42.8 Å². The second-order valence-electron chi connectivity index (χ2n) is 3.94. The number of benzene rings is 2. The van der Waals surface area contributed by atoms with Crippen molar-refractivity contribution in [3.63, 3.8) is 0 Å². The molecule has 0 saturated carbocycles. The molecule has 2 aromatic carbocycles. The number of ether oxygens (including phenoxy) is 1. The van der Waals surface area contributed by atoms with Crippen LogP contribution >= 0.6 is 27.5 Å². The molecule has 0 aliphatic heterocycles. The van der Waals surface area contributed by atoms with Crippen LogP contribution in [0.5, 0.6) is 11.5 Å². The Balaban J connectivity index is 2.37. The third-order valence-electron chi connectivity index (χ3n) is 2.57. The molecule has 0 amide bonds. The van der Waals surface area contributed by atoms with E-state index >= 15 is 0 Å². The van der Waals surface area contributed by atoms with Crippen molar-refractivity contribution in [3.8, 4) is 11.5 Å². The first-order chi connectivity index (χ1) is 9.11. The van der Waals surface area contributed by atoms with Crippen LogP contribution < -0.4 is 10.5 Å². The fraction of sp³-hybridized carbons (Fsp3) is 0.143. The van der Waals surface area contributed by atoms with Crippen molar-refractivity contribution in [1.82, 2.24) is 0 Å². The maximum Gasteiger partial charge on any atom is 0.166 e. The summed E-state index contributed by atoms with van der Waals surface area (Å²) in [5.41, 5.74) is 6.40. The fourth-order valence-electron chi connectivity index (χ4n) is 1.69. The smallest absolute Gasteiger partial charge is 0.166 e. The molecule has 0 spiro atoms. The summed E-state index contributed by atoms with van der Waals surface area (Å²) in [7, 11) is 0. The number of hydrogen-bond donors (Lipinski definition) is 1. The van der Waals surface area contributed by atoms with Crippen molar-refractivity contribution in [1.29, 1.82) is 0 Å². The van der Waals surface area contributed by atoms with Gasteiger partial charge < -0.3 is 10.5 Å². The molecule has 0 saturated heterocycles. The highest BCUT2D eigenvalue weighted by Gasteiger charge is 2.12. The molecule has 2 N–H and O–H groups in total. The van der Waals surface area contributed by atoms with Crippen LogP contribution in [0.1, 0.15) is 5.56 Å². The zero-order valence-corrected chi connectivity index (χ0v) is 12.3. The molecule has 2 nitrogen and oxygen atoms in total. The van der Waals surface area contributed by atoms with Crippen molar-refractivity contribution in [3.05, 3.63) is 57.3 Å². The Bertz CT molecular complexity index is 592. The normalized spacial score (nSPS) is 10.5. The summed E-state index contributed by atoms with van der Waals surface area (Å²) < 4.78 is 20.0. The Hall–Kier alpha value is -1.10. The zero-order valence-electron chi connectivity index (χ0n) is 10.00. The molecule has 0 fully saturated rings. The first-order valence-electron chi connectivity index (χ1n) is 5.72. The second-order valence-corrected chi connectivity index (χ2v) is 5.27. The lowest BCUT2D eigenvalue weighted by Gasteiger charge is -2.13. The summed E-state index contributed by atoms with van der Waals surface area (Å²) >= 11 is 9.30. The van der Waals surface area contributed by atoms with Gasteiger partial charge in [-0.1, -0.05) is 39.7 Å². The minimum absolute atomic E-state index is 0.134. The van der Waals surface area contributed by atoms with Crippen molar-refractivity contribution in [2.75, 3.05) is 6.54 Å². The third kappa shape index (κ3) is 3.47. The SMILES string of the molecule is NCCc1cccc(Cl)c1Oc1ccc(Br)cc1F. The van der Waals surface area contributed by atoms with E-state index in [-0.39, 0.29) is 5.75 Å². The standard InChI is InChI=1S/C14H12BrClFNO/c15-10-4-5-13(12(17)8-10)19-14-9(6-7-18)2-1-3-11(14)16/h1-5,8H,6-7,18H2. The summed E-state index contributed by atoms with van der Waals surface area (Å²) in [5.74, 6) is 0.137. The number of halogens is 3. The lowest BCUT2D eigenvalue weighted by Crippen LogP contribution is -2.04. The number of para-hydroxylation sites is 1. The molecule has 0 atom stereocenters.